The standard InChI is InChI=1S/2C24H16NSi.Pt/c2*1-16-12-13-19-23(15-16)26(22-11-6-14-25-24(19)22)20-9-4-2-7-17(20)18-8-3-5-10-21(18)26;/h2*2-12,14-15H,1H3;/q2*-1;+2. The molecule has 12 rings (SSSR count). The van der Waals surface area contributed by atoms with Crippen molar-refractivity contribution in [3.8, 4) is 44.8 Å². The van der Waals surface area contributed by atoms with E-state index in [1.54, 1.807) is 0 Å². The van der Waals surface area contributed by atoms with Crippen LogP contribution in [-0.4, -0.2) is 26.1 Å². The molecule has 53 heavy (non-hydrogen) atoms. The first kappa shape index (κ1) is 32.4. The van der Waals surface area contributed by atoms with Crippen LogP contribution in [0, 0.1) is 26.0 Å². The average molecular weight is 888 g/mol. The number of benzene rings is 6. The molecule has 0 amide bonds. The maximum absolute atomic E-state index is 4.80. The predicted molar refractivity (Wildman–Crippen MR) is 219 cm³/mol. The van der Waals surface area contributed by atoms with Gasteiger partial charge in [0, 0.05) is 12.4 Å². The molecule has 6 aromatic carbocycles. The normalized spacial score (nSPS) is 14.4. The van der Waals surface area contributed by atoms with E-state index < -0.39 is 16.1 Å². The Hall–Kier alpha value is -5.26. The zero-order valence-corrected chi connectivity index (χ0v) is 33.5. The molecule has 2 nitrogen and oxygen atoms in total. The van der Waals surface area contributed by atoms with E-state index >= 15 is 0 Å². The smallest absolute Gasteiger partial charge is 0.305 e. The van der Waals surface area contributed by atoms with E-state index in [1.807, 2.05) is 12.4 Å². The van der Waals surface area contributed by atoms with Crippen LogP contribution in [0.15, 0.2) is 158 Å². The Morgan fingerprint density at radius 3 is 1.08 bits per heavy atom. The van der Waals surface area contributed by atoms with Crippen molar-refractivity contribution < 1.29 is 21.1 Å². The van der Waals surface area contributed by atoms with E-state index in [4.69, 9.17) is 9.97 Å². The molecular formula is C48H32N2PtSi2. The van der Waals surface area contributed by atoms with Crippen LogP contribution in [-0.2, 0) is 21.1 Å². The third-order valence-electron chi connectivity index (χ3n) is 11.8. The minimum atomic E-state index is -2.28. The van der Waals surface area contributed by atoms with Gasteiger partial charge in [0.25, 0.3) is 0 Å². The number of fused-ring (bicyclic) bond motifs is 20. The number of rotatable bonds is 0. The van der Waals surface area contributed by atoms with Gasteiger partial charge in [-0.05, 0) is 66.5 Å². The van der Waals surface area contributed by atoms with Gasteiger partial charge in [0.05, 0.1) is 0 Å². The summed E-state index contributed by atoms with van der Waals surface area (Å²) in [7, 11) is -4.55. The Labute approximate surface area is 326 Å². The number of hydrogen-bond acceptors (Lipinski definition) is 2. The fourth-order valence-corrected chi connectivity index (χ4v) is 21.1. The van der Waals surface area contributed by atoms with Crippen LogP contribution in [0.5, 0.6) is 0 Å². The van der Waals surface area contributed by atoms with Gasteiger partial charge in [-0.1, -0.05) is 133 Å². The molecule has 0 N–H and O–H groups in total. The largest absolute Gasteiger partial charge is 2.00 e. The molecule has 0 saturated heterocycles. The average Bonchev–Trinajstić information content (AvgIpc) is 3.87. The summed E-state index contributed by atoms with van der Waals surface area (Å²) < 4.78 is 0. The molecule has 0 fully saturated rings. The van der Waals surface area contributed by atoms with Crippen LogP contribution in [0.4, 0.5) is 0 Å². The second-order valence-electron chi connectivity index (χ2n) is 14.4. The number of nitrogens with zero attached hydrogens (tertiary/aromatic N) is 2. The Morgan fingerprint density at radius 1 is 0.396 bits per heavy atom. The van der Waals surface area contributed by atoms with Crippen molar-refractivity contribution in [3.63, 3.8) is 0 Å². The number of aromatic nitrogens is 2. The van der Waals surface area contributed by atoms with Crippen LogP contribution in [0.3, 0.4) is 0 Å². The third kappa shape index (κ3) is 4.12. The number of aryl methyl sites for hydroxylation is 2. The van der Waals surface area contributed by atoms with Crippen LogP contribution < -0.4 is 41.5 Å². The fraction of sp³-hybridized carbons (Fsp3) is 0.0417. The molecule has 0 atom stereocenters. The van der Waals surface area contributed by atoms with E-state index in [0.29, 0.717) is 0 Å². The summed E-state index contributed by atoms with van der Waals surface area (Å²) in [6.45, 7) is 4.34. The molecule has 2 spiro atoms. The minimum Gasteiger partial charge on any atom is -0.305 e. The van der Waals surface area contributed by atoms with Crippen LogP contribution >= 0.6 is 0 Å². The summed E-state index contributed by atoms with van der Waals surface area (Å²) in [6, 6.07) is 60.8. The topological polar surface area (TPSA) is 25.8 Å². The van der Waals surface area contributed by atoms with E-state index in [-0.39, 0.29) is 21.1 Å². The van der Waals surface area contributed by atoms with Gasteiger partial charge in [0.2, 0.25) is 0 Å². The van der Waals surface area contributed by atoms with Crippen molar-refractivity contribution >= 4 is 57.6 Å². The quantitative estimate of drug-likeness (QED) is 0.158. The number of pyridine rings is 2. The van der Waals surface area contributed by atoms with E-state index in [9.17, 15) is 0 Å². The van der Waals surface area contributed by atoms with Crippen molar-refractivity contribution in [2.75, 3.05) is 0 Å². The molecule has 252 valence electrons. The summed E-state index contributed by atoms with van der Waals surface area (Å²) in [4.78, 5) is 9.60. The zero-order valence-electron chi connectivity index (χ0n) is 29.2. The minimum absolute atomic E-state index is 0. The first-order valence-corrected chi connectivity index (χ1v) is 22.0. The second-order valence-corrected chi connectivity index (χ2v) is 21.7. The summed E-state index contributed by atoms with van der Waals surface area (Å²) >= 11 is 0. The van der Waals surface area contributed by atoms with Gasteiger partial charge < -0.3 is 9.97 Å². The maximum Gasteiger partial charge on any atom is 2.00 e. The van der Waals surface area contributed by atoms with Gasteiger partial charge in [-0.25, -0.2) is 0 Å². The van der Waals surface area contributed by atoms with Crippen LogP contribution in [0.2, 0.25) is 0 Å². The van der Waals surface area contributed by atoms with Crippen molar-refractivity contribution in [3.05, 3.63) is 181 Å². The Morgan fingerprint density at radius 2 is 0.717 bits per heavy atom. The predicted octanol–water partition coefficient (Wildman–Crippen LogP) is 5.05. The van der Waals surface area contributed by atoms with Gasteiger partial charge in [-0.2, -0.15) is 0 Å². The zero-order chi connectivity index (χ0) is 34.6. The summed E-state index contributed by atoms with van der Waals surface area (Å²) in [5.41, 5.74) is 12.7. The molecule has 0 radical (unpaired) electrons. The molecular weight excluding hydrogens is 856 g/mol. The molecule has 0 unspecified atom stereocenters. The Bertz CT molecular complexity index is 2490. The molecule has 6 heterocycles. The Kier molecular flexibility index (Phi) is 7.26. The summed E-state index contributed by atoms with van der Waals surface area (Å²) in [5.74, 6) is 0. The van der Waals surface area contributed by atoms with E-state index in [0.717, 1.165) is 11.4 Å². The molecule has 0 aliphatic carbocycles. The molecule has 2 aromatic heterocycles. The summed E-state index contributed by atoms with van der Waals surface area (Å²) in [5, 5.41) is 11.7. The molecule has 8 aromatic rings. The first-order valence-electron chi connectivity index (χ1n) is 18.0. The van der Waals surface area contributed by atoms with Gasteiger partial charge in [0.15, 0.2) is 0 Å². The van der Waals surface area contributed by atoms with E-state index in [1.165, 1.54) is 86.0 Å². The van der Waals surface area contributed by atoms with Gasteiger partial charge in [0.1, 0.15) is 16.1 Å². The van der Waals surface area contributed by atoms with Crippen molar-refractivity contribution in [2.24, 2.45) is 0 Å². The first-order chi connectivity index (χ1) is 25.6. The monoisotopic (exact) mass is 887 g/mol. The second kappa shape index (κ2) is 11.9. The van der Waals surface area contributed by atoms with Gasteiger partial charge in [-0.15, -0.1) is 69.0 Å². The van der Waals surface area contributed by atoms with Gasteiger partial charge in [-0.3, -0.25) is 0 Å². The molecule has 4 aliphatic heterocycles. The maximum atomic E-state index is 4.80. The van der Waals surface area contributed by atoms with Crippen molar-refractivity contribution in [1.29, 1.82) is 0 Å². The van der Waals surface area contributed by atoms with Crippen LogP contribution in [0.25, 0.3) is 44.8 Å². The van der Waals surface area contributed by atoms with E-state index in [2.05, 4.69) is 172 Å². The van der Waals surface area contributed by atoms with Crippen molar-refractivity contribution in [1.82, 2.24) is 9.97 Å². The van der Waals surface area contributed by atoms with Crippen LogP contribution in [0.1, 0.15) is 11.1 Å². The molecule has 5 heteroatoms. The third-order valence-corrected chi connectivity index (χ3v) is 21.6. The Balaban J connectivity index is 0.000000129. The number of hydrogen-bond donors (Lipinski definition) is 0. The van der Waals surface area contributed by atoms with Crippen molar-refractivity contribution in [2.45, 2.75) is 13.8 Å². The summed E-state index contributed by atoms with van der Waals surface area (Å²) in [6.07, 6.45) is 3.83. The fourth-order valence-electron chi connectivity index (χ4n) is 9.93. The molecule has 0 bridgehead atoms. The molecule has 0 saturated carbocycles. The van der Waals surface area contributed by atoms with Gasteiger partial charge >= 0.3 is 21.1 Å². The molecule has 4 aliphatic rings. The SMILES string of the molecule is Cc1c[c-]c2c(c1)[Si]1(c3ccccc3-c3ccccc31)c1cccnc1-2.Cc1c[c-]c2c(c1)[Si]1(c3ccccc3-c3ccccc31)c1cccnc1-2.[Pt+2].